The van der Waals surface area contributed by atoms with Crippen molar-refractivity contribution in [1.82, 2.24) is 9.55 Å². The minimum Gasteiger partial charge on any atom is -0.330 e. The van der Waals surface area contributed by atoms with E-state index in [-0.39, 0.29) is 5.82 Å². The van der Waals surface area contributed by atoms with Gasteiger partial charge in [-0.1, -0.05) is 6.92 Å². The summed E-state index contributed by atoms with van der Waals surface area (Å²) in [6.45, 7) is 4.27. The molecule has 2 aromatic rings. The van der Waals surface area contributed by atoms with Gasteiger partial charge in [-0.05, 0) is 43.1 Å². The molecule has 2 nitrogen and oxygen atoms in total. The lowest BCUT2D eigenvalue weighted by Gasteiger charge is -2.13. The molecule has 1 unspecified atom stereocenters. The van der Waals surface area contributed by atoms with Crippen molar-refractivity contribution >= 4 is 35.0 Å². The first-order valence-corrected chi connectivity index (χ1v) is 7.17. The number of H-pyrrole nitrogens is 1. The predicted molar refractivity (Wildman–Crippen MR) is 74.8 cm³/mol. The lowest BCUT2D eigenvalue weighted by molar-refractivity contribution is 0.617. The largest absolute Gasteiger partial charge is 0.330 e. The molecule has 1 N–H and O–H groups in total. The molecule has 1 atom stereocenters. The fourth-order valence-electron chi connectivity index (χ4n) is 1.90. The highest BCUT2D eigenvalue weighted by Gasteiger charge is 2.11. The van der Waals surface area contributed by atoms with E-state index in [2.05, 4.69) is 23.4 Å². The van der Waals surface area contributed by atoms with Crippen LogP contribution in [0.4, 0.5) is 4.39 Å². The molecular formula is C12H15FN2S2. The van der Waals surface area contributed by atoms with Gasteiger partial charge < -0.3 is 9.55 Å². The molecule has 0 saturated carbocycles. The third-order valence-electron chi connectivity index (χ3n) is 2.68. The Labute approximate surface area is 109 Å². The SMILES string of the molecule is CCSCC(C)n1c(=S)[nH]c2cc(F)ccc21. The summed E-state index contributed by atoms with van der Waals surface area (Å²) in [5.74, 6) is 1.86. The first kappa shape index (κ1) is 12.6. The number of rotatable bonds is 4. The fourth-order valence-corrected chi connectivity index (χ4v) is 3.02. The Kier molecular flexibility index (Phi) is 3.89. The highest BCUT2D eigenvalue weighted by Crippen LogP contribution is 2.22. The van der Waals surface area contributed by atoms with Crippen molar-refractivity contribution in [2.45, 2.75) is 19.9 Å². The minimum atomic E-state index is -0.239. The molecule has 0 radical (unpaired) electrons. The molecule has 0 aliphatic rings. The summed E-state index contributed by atoms with van der Waals surface area (Å²) in [5.41, 5.74) is 1.74. The zero-order valence-electron chi connectivity index (χ0n) is 9.87. The van der Waals surface area contributed by atoms with E-state index in [1.165, 1.54) is 12.1 Å². The predicted octanol–water partition coefficient (Wildman–Crippen LogP) is 4.15. The van der Waals surface area contributed by atoms with Gasteiger partial charge in [-0.3, -0.25) is 0 Å². The summed E-state index contributed by atoms with van der Waals surface area (Å²) in [5, 5.41) is 0. The summed E-state index contributed by atoms with van der Waals surface area (Å²) < 4.78 is 15.8. The molecular weight excluding hydrogens is 255 g/mol. The highest BCUT2D eigenvalue weighted by molar-refractivity contribution is 7.99. The topological polar surface area (TPSA) is 20.7 Å². The molecule has 92 valence electrons. The first-order chi connectivity index (χ1) is 8.13. The van der Waals surface area contributed by atoms with Crippen LogP contribution in [-0.4, -0.2) is 21.1 Å². The average molecular weight is 270 g/mol. The van der Waals surface area contributed by atoms with Crippen LogP contribution in [0.5, 0.6) is 0 Å². The van der Waals surface area contributed by atoms with Crippen LogP contribution in [0.2, 0.25) is 0 Å². The van der Waals surface area contributed by atoms with Gasteiger partial charge in [0.2, 0.25) is 0 Å². The second-order valence-electron chi connectivity index (χ2n) is 3.97. The van der Waals surface area contributed by atoms with Gasteiger partial charge in [0.05, 0.1) is 11.0 Å². The molecule has 17 heavy (non-hydrogen) atoms. The smallest absolute Gasteiger partial charge is 0.178 e. The second-order valence-corrected chi connectivity index (χ2v) is 5.68. The van der Waals surface area contributed by atoms with Crippen LogP contribution in [0.25, 0.3) is 11.0 Å². The van der Waals surface area contributed by atoms with Gasteiger partial charge in [-0.2, -0.15) is 11.8 Å². The lowest BCUT2D eigenvalue weighted by atomic mass is 10.3. The quantitative estimate of drug-likeness (QED) is 0.842. The molecule has 0 spiro atoms. The number of nitrogens with zero attached hydrogens (tertiary/aromatic N) is 1. The first-order valence-electron chi connectivity index (χ1n) is 5.61. The van der Waals surface area contributed by atoms with Gasteiger partial charge in [-0.25, -0.2) is 4.39 Å². The second kappa shape index (κ2) is 5.23. The Morgan fingerprint density at radius 2 is 2.29 bits per heavy atom. The summed E-state index contributed by atoms with van der Waals surface area (Å²) >= 11 is 7.18. The number of thioether (sulfide) groups is 1. The molecule has 0 aliphatic heterocycles. The van der Waals surface area contributed by atoms with E-state index in [4.69, 9.17) is 12.2 Å². The number of hydrogen-bond donors (Lipinski definition) is 1. The Balaban J connectivity index is 2.46. The van der Waals surface area contributed by atoms with E-state index >= 15 is 0 Å². The van der Waals surface area contributed by atoms with Gasteiger partial charge in [0.25, 0.3) is 0 Å². The normalized spacial score (nSPS) is 13.1. The van der Waals surface area contributed by atoms with Crippen LogP contribution >= 0.6 is 24.0 Å². The van der Waals surface area contributed by atoms with Crippen LogP contribution in [0.3, 0.4) is 0 Å². The van der Waals surface area contributed by atoms with Crippen LogP contribution in [0.1, 0.15) is 19.9 Å². The van der Waals surface area contributed by atoms with Gasteiger partial charge in [0, 0.05) is 11.8 Å². The number of fused-ring (bicyclic) bond motifs is 1. The number of halogens is 1. The molecule has 1 aromatic heterocycles. The van der Waals surface area contributed by atoms with Crippen molar-refractivity contribution in [1.29, 1.82) is 0 Å². The zero-order chi connectivity index (χ0) is 12.4. The zero-order valence-corrected chi connectivity index (χ0v) is 11.5. The van der Waals surface area contributed by atoms with E-state index < -0.39 is 0 Å². The van der Waals surface area contributed by atoms with Crippen molar-refractivity contribution in [3.05, 3.63) is 28.8 Å². The number of aromatic nitrogens is 2. The molecule has 1 heterocycles. The van der Waals surface area contributed by atoms with E-state index in [0.29, 0.717) is 10.8 Å². The van der Waals surface area contributed by atoms with Crippen LogP contribution in [0, 0.1) is 10.6 Å². The maximum Gasteiger partial charge on any atom is 0.178 e. The fraction of sp³-hybridized carbons (Fsp3) is 0.417. The van der Waals surface area contributed by atoms with E-state index in [9.17, 15) is 4.39 Å². The highest BCUT2D eigenvalue weighted by atomic mass is 32.2. The van der Waals surface area contributed by atoms with Crippen LogP contribution in [0.15, 0.2) is 18.2 Å². The minimum absolute atomic E-state index is 0.239. The summed E-state index contributed by atoms with van der Waals surface area (Å²) in [7, 11) is 0. The van der Waals surface area contributed by atoms with Crippen molar-refractivity contribution in [3.8, 4) is 0 Å². The van der Waals surface area contributed by atoms with Gasteiger partial charge in [-0.15, -0.1) is 0 Å². The number of imidazole rings is 1. The van der Waals surface area contributed by atoms with Crippen LogP contribution in [-0.2, 0) is 0 Å². The Morgan fingerprint density at radius 1 is 1.53 bits per heavy atom. The van der Waals surface area contributed by atoms with Crippen molar-refractivity contribution < 1.29 is 4.39 Å². The van der Waals surface area contributed by atoms with Gasteiger partial charge >= 0.3 is 0 Å². The molecule has 5 heteroatoms. The molecule has 0 aliphatic carbocycles. The summed E-state index contributed by atoms with van der Waals surface area (Å²) in [6, 6.07) is 5.05. The molecule has 2 rings (SSSR count). The molecule has 0 saturated heterocycles. The van der Waals surface area contributed by atoms with E-state index in [1.807, 2.05) is 11.8 Å². The summed E-state index contributed by atoms with van der Waals surface area (Å²) in [4.78, 5) is 3.05. The number of aromatic amines is 1. The Hall–Kier alpha value is -0.810. The maximum absolute atomic E-state index is 13.1. The Morgan fingerprint density at radius 3 is 3.00 bits per heavy atom. The van der Waals surface area contributed by atoms with E-state index in [0.717, 1.165) is 22.5 Å². The average Bonchev–Trinajstić information content (AvgIpc) is 2.61. The third-order valence-corrected chi connectivity index (χ3v) is 4.11. The van der Waals surface area contributed by atoms with Crippen molar-refractivity contribution in [3.63, 3.8) is 0 Å². The molecule has 0 amide bonds. The molecule has 0 bridgehead atoms. The summed E-state index contributed by atoms with van der Waals surface area (Å²) in [6.07, 6.45) is 0. The lowest BCUT2D eigenvalue weighted by Crippen LogP contribution is -2.07. The maximum atomic E-state index is 13.1. The molecule has 0 fully saturated rings. The number of nitrogens with one attached hydrogen (secondary N) is 1. The van der Waals surface area contributed by atoms with Gasteiger partial charge in [0.1, 0.15) is 5.82 Å². The number of benzene rings is 1. The van der Waals surface area contributed by atoms with Crippen molar-refractivity contribution in [2.75, 3.05) is 11.5 Å². The van der Waals surface area contributed by atoms with Crippen molar-refractivity contribution in [2.24, 2.45) is 0 Å². The van der Waals surface area contributed by atoms with E-state index in [1.54, 1.807) is 6.07 Å². The Bertz CT molecular complexity index is 573. The number of hydrogen-bond acceptors (Lipinski definition) is 2. The monoisotopic (exact) mass is 270 g/mol. The molecule has 1 aromatic carbocycles. The standard InChI is InChI=1S/C12H15FN2S2/c1-3-17-7-8(2)15-11-5-4-9(13)6-10(11)14-12(15)16/h4-6,8H,3,7H2,1-2H3,(H,14,16). The van der Waals surface area contributed by atoms with Crippen LogP contribution < -0.4 is 0 Å². The third kappa shape index (κ3) is 2.55. The van der Waals surface area contributed by atoms with Gasteiger partial charge in [0.15, 0.2) is 4.77 Å².